The predicted octanol–water partition coefficient (Wildman–Crippen LogP) is 3.17. The summed E-state index contributed by atoms with van der Waals surface area (Å²) in [5, 5.41) is 3.22. The van der Waals surface area contributed by atoms with Crippen LogP contribution in [0.4, 0.5) is 0 Å². The van der Waals surface area contributed by atoms with Crippen LogP contribution in [0.2, 0.25) is 0 Å². The Labute approximate surface area is 132 Å². The van der Waals surface area contributed by atoms with E-state index in [4.69, 9.17) is 0 Å². The first-order chi connectivity index (χ1) is 10.6. The minimum Gasteiger partial charge on any atom is -0.337 e. The molecule has 0 spiro atoms. The van der Waals surface area contributed by atoms with Crippen molar-refractivity contribution >= 4 is 27.3 Å². The minimum absolute atomic E-state index is 0.174. The topological polar surface area (TPSA) is 53.2 Å². The van der Waals surface area contributed by atoms with Crippen molar-refractivity contribution in [1.82, 2.24) is 9.88 Å². The van der Waals surface area contributed by atoms with Crippen molar-refractivity contribution in [2.24, 2.45) is 0 Å². The molecule has 112 valence electrons. The van der Waals surface area contributed by atoms with E-state index >= 15 is 0 Å². The van der Waals surface area contributed by atoms with Crippen LogP contribution in [0.15, 0.2) is 46.6 Å². The monoisotopic (exact) mass is 312 g/mol. The highest BCUT2D eigenvalue weighted by molar-refractivity contribution is 7.17. The van der Waals surface area contributed by atoms with Gasteiger partial charge in [-0.15, -0.1) is 11.3 Å². The number of pyridine rings is 1. The van der Waals surface area contributed by atoms with Gasteiger partial charge >= 0.3 is 0 Å². The molecule has 1 N–H and O–H groups in total. The van der Waals surface area contributed by atoms with Crippen LogP contribution in [0.3, 0.4) is 0 Å². The Bertz CT molecular complexity index is 895. The number of carbonyl (C=O) groups excluding carboxylic acids is 1. The molecule has 0 aliphatic heterocycles. The summed E-state index contributed by atoms with van der Waals surface area (Å²) in [6.07, 6.45) is 0. The molecule has 0 bridgehead atoms. The fourth-order valence-electron chi connectivity index (χ4n) is 2.43. The molecule has 0 radical (unpaired) electrons. The molecule has 0 atom stereocenters. The molecule has 0 saturated carbocycles. The maximum atomic E-state index is 12.4. The Hall–Kier alpha value is -2.40. The van der Waals surface area contributed by atoms with E-state index in [1.54, 1.807) is 42.3 Å². The number of rotatable bonds is 3. The minimum atomic E-state index is -0.341. The summed E-state index contributed by atoms with van der Waals surface area (Å²) in [6, 6.07) is 11.4. The van der Waals surface area contributed by atoms with Gasteiger partial charge in [-0.1, -0.05) is 18.2 Å². The van der Waals surface area contributed by atoms with Crippen molar-refractivity contribution in [3.8, 4) is 0 Å². The van der Waals surface area contributed by atoms with Crippen molar-refractivity contribution < 1.29 is 4.79 Å². The molecule has 22 heavy (non-hydrogen) atoms. The predicted molar refractivity (Wildman–Crippen MR) is 89.4 cm³/mol. The number of aromatic amines is 1. The normalized spacial score (nSPS) is 10.8. The number of benzene rings is 1. The summed E-state index contributed by atoms with van der Waals surface area (Å²) >= 11 is 1.66. The quantitative estimate of drug-likeness (QED) is 0.807. The summed E-state index contributed by atoms with van der Waals surface area (Å²) in [7, 11) is 1.72. The molecule has 0 saturated heterocycles. The molecule has 1 aromatic carbocycles. The Balaban J connectivity index is 1.86. The number of aromatic nitrogens is 1. The maximum absolute atomic E-state index is 12.4. The number of fused-ring (bicyclic) bond motifs is 1. The largest absolute Gasteiger partial charge is 0.337 e. The van der Waals surface area contributed by atoms with Gasteiger partial charge in [0.25, 0.3) is 11.5 Å². The number of aryl methyl sites for hydroxylation is 1. The van der Waals surface area contributed by atoms with Gasteiger partial charge in [0.2, 0.25) is 0 Å². The fraction of sp³-hybridized carbons (Fsp3) is 0.176. The molecule has 2 heterocycles. The highest BCUT2D eigenvalue weighted by Gasteiger charge is 2.16. The summed E-state index contributed by atoms with van der Waals surface area (Å²) in [5.74, 6) is -0.267. The smallest absolute Gasteiger partial charge is 0.260 e. The number of thiophene rings is 1. The van der Waals surface area contributed by atoms with E-state index in [1.807, 2.05) is 12.1 Å². The van der Waals surface area contributed by atoms with Crippen LogP contribution >= 0.6 is 11.3 Å². The molecule has 0 fully saturated rings. The van der Waals surface area contributed by atoms with Crippen molar-refractivity contribution in [3.63, 3.8) is 0 Å². The average Bonchev–Trinajstić information content (AvgIpc) is 2.90. The summed E-state index contributed by atoms with van der Waals surface area (Å²) in [4.78, 5) is 28.6. The summed E-state index contributed by atoms with van der Waals surface area (Å²) < 4.78 is 1.20. The van der Waals surface area contributed by atoms with Crippen LogP contribution in [0.5, 0.6) is 0 Å². The molecule has 0 aliphatic rings. The Morgan fingerprint density at radius 1 is 1.23 bits per heavy atom. The average molecular weight is 312 g/mol. The number of hydrogen-bond donors (Lipinski definition) is 1. The Kier molecular flexibility index (Phi) is 3.81. The Morgan fingerprint density at radius 3 is 2.77 bits per heavy atom. The van der Waals surface area contributed by atoms with Crippen molar-refractivity contribution in [2.45, 2.75) is 13.5 Å². The van der Waals surface area contributed by atoms with Crippen LogP contribution in [-0.4, -0.2) is 22.8 Å². The second kappa shape index (κ2) is 5.77. The van der Waals surface area contributed by atoms with Crippen LogP contribution in [-0.2, 0) is 6.54 Å². The fourth-order valence-corrected chi connectivity index (χ4v) is 3.38. The molecule has 5 heteroatoms. The van der Waals surface area contributed by atoms with Crippen LogP contribution in [0, 0.1) is 6.92 Å². The zero-order valence-corrected chi connectivity index (χ0v) is 13.2. The van der Waals surface area contributed by atoms with Crippen LogP contribution < -0.4 is 5.56 Å². The third-order valence-corrected chi connectivity index (χ3v) is 4.61. The number of H-pyrrole nitrogens is 1. The second-order valence-corrected chi connectivity index (χ2v) is 6.21. The van der Waals surface area contributed by atoms with E-state index in [0.29, 0.717) is 6.54 Å². The molecule has 1 amide bonds. The third kappa shape index (κ3) is 2.67. The summed E-state index contributed by atoms with van der Waals surface area (Å²) in [5.41, 5.74) is 1.67. The van der Waals surface area contributed by atoms with Crippen LogP contribution in [0.1, 0.15) is 21.6 Å². The number of nitrogens with one attached hydrogen (secondary N) is 1. The lowest BCUT2D eigenvalue weighted by Gasteiger charge is -2.16. The molecule has 0 aliphatic carbocycles. The van der Waals surface area contributed by atoms with Crippen molar-refractivity contribution in [1.29, 1.82) is 0 Å². The first kappa shape index (κ1) is 14.5. The maximum Gasteiger partial charge on any atom is 0.260 e. The van der Waals surface area contributed by atoms with Gasteiger partial charge in [-0.05, 0) is 41.5 Å². The van der Waals surface area contributed by atoms with Gasteiger partial charge in [-0.25, -0.2) is 0 Å². The van der Waals surface area contributed by atoms with E-state index < -0.39 is 0 Å². The van der Waals surface area contributed by atoms with Gasteiger partial charge < -0.3 is 9.88 Å². The first-order valence-electron chi connectivity index (χ1n) is 6.97. The number of nitrogens with zero attached hydrogens (tertiary/aromatic N) is 1. The molecule has 2 aromatic heterocycles. The van der Waals surface area contributed by atoms with Gasteiger partial charge in [0.05, 0.1) is 0 Å². The highest BCUT2D eigenvalue weighted by Crippen LogP contribution is 2.26. The van der Waals surface area contributed by atoms with E-state index in [-0.39, 0.29) is 17.0 Å². The van der Waals surface area contributed by atoms with Gasteiger partial charge in [-0.2, -0.15) is 0 Å². The summed E-state index contributed by atoms with van der Waals surface area (Å²) in [6.45, 7) is 2.27. The molecule has 3 rings (SSSR count). The molecule has 0 unspecified atom stereocenters. The second-order valence-electron chi connectivity index (χ2n) is 5.30. The third-order valence-electron chi connectivity index (χ3n) is 3.60. The van der Waals surface area contributed by atoms with Crippen LogP contribution in [0.25, 0.3) is 10.1 Å². The van der Waals surface area contributed by atoms with Gasteiger partial charge in [0, 0.05) is 24.0 Å². The Morgan fingerprint density at radius 2 is 2.00 bits per heavy atom. The highest BCUT2D eigenvalue weighted by atomic mass is 32.1. The molecule has 4 nitrogen and oxygen atoms in total. The standard InChI is InChI=1S/C17H16N2O2S/c1-11-7-8-14(16(20)18-11)17(21)19(2)9-12-10-22-15-6-4-3-5-13(12)15/h3-8,10H,9H2,1-2H3,(H,18,20). The van der Waals surface area contributed by atoms with Crippen molar-refractivity contribution in [3.05, 3.63) is 69.0 Å². The zero-order chi connectivity index (χ0) is 15.7. The molecular weight excluding hydrogens is 296 g/mol. The SMILES string of the molecule is Cc1ccc(C(=O)N(C)Cc2csc3ccccc23)c(=O)[nH]1. The molecule has 3 aromatic rings. The lowest BCUT2D eigenvalue weighted by Crippen LogP contribution is -2.31. The van der Waals surface area contributed by atoms with Gasteiger partial charge in [0.15, 0.2) is 0 Å². The van der Waals surface area contributed by atoms with E-state index in [0.717, 1.165) is 16.6 Å². The van der Waals surface area contributed by atoms with E-state index in [9.17, 15) is 9.59 Å². The lowest BCUT2D eigenvalue weighted by atomic mass is 10.1. The lowest BCUT2D eigenvalue weighted by molar-refractivity contribution is 0.0784. The van der Waals surface area contributed by atoms with E-state index in [2.05, 4.69) is 22.5 Å². The zero-order valence-electron chi connectivity index (χ0n) is 12.4. The number of carbonyl (C=O) groups is 1. The number of amides is 1. The van der Waals surface area contributed by atoms with E-state index in [1.165, 1.54) is 4.70 Å². The first-order valence-corrected chi connectivity index (χ1v) is 7.85. The molecular formula is C17H16N2O2S. The van der Waals surface area contributed by atoms with Gasteiger partial charge in [-0.3, -0.25) is 9.59 Å². The number of hydrogen-bond acceptors (Lipinski definition) is 3. The van der Waals surface area contributed by atoms with Gasteiger partial charge in [0.1, 0.15) is 5.56 Å². The van der Waals surface area contributed by atoms with Crippen molar-refractivity contribution in [2.75, 3.05) is 7.05 Å².